The van der Waals surface area contributed by atoms with Crippen molar-refractivity contribution in [1.82, 2.24) is 14.6 Å². The first-order chi connectivity index (χ1) is 11.7. The molecule has 6 nitrogen and oxygen atoms in total. The second-order valence-corrected chi connectivity index (χ2v) is 8.72. The number of nitrogens with one attached hydrogen (secondary N) is 2. The van der Waals surface area contributed by atoms with Gasteiger partial charge < -0.3 is 9.88 Å². The van der Waals surface area contributed by atoms with Crippen LogP contribution in [-0.2, 0) is 23.5 Å². The van der Waals surface area contributed by atoms with E-state index < -0.39 is 10.0 Å². The number of benzene rings is 1. The molecule has 1 unspecified atom stereocenters. The molecule has 0 radical (unpaired) electrons. The molecule has 136 valence electrons. The van der Waals surface area contributed by atoms with Gasteiger partial charge in [0.05, 0.1) is 0 Å². The predicted molar refractivity (Wildman–Crippen MR) is 101 cm³/mol. The number of nitrogens with zero attached hydrogens (tertiary/aromatic N) is 1. The molecule has 0 saturated heterocycles. The van der Waals surface area contributed by atoms with Crippen molar-refractivity contribution in [3.8, 4) is 0 Å². The number of halogens is 1. The second kappa shape index (κ2) is 8.16. The maximum atomic E-state index is 12.4. The van der Waals surface area contributed by atoms with Gasteiger partial charge in [-0.05, 0) is 50.6 Å². The van der Waals surface area contributed by atoms with Gasteiger partial charge in [0, 0.05) is 23.8 Å². The van der Waals surface area contributed by atoms with Crippen molar-refractivity contribution >= 4 is 31.9 Å². The Kier molecular flexibility index (Phi) is 6.42. The number of hydrogen-bond donors (Lipinski definition) is 2. The molecule has 0 bridgehead atoms. The number of carbonyl (C=O) groups is 1. The van der Waals surface area contributed by atoms with Crippen molar-refractivity contribution in [3.05, 3.63) is 52.3 Å². The topological polar surface area (TPSA) is 80.2 Å². The summed E-state index contributed by atoms with van der Waals surface area (Å²) in [6.45, 7) is 1.94. The number of carbonyl (C=O) groups excluding carboxylic acids is 1. The highest BCUT2D eigenvalue weighted by Gasteiger charge is 2.20. The molecule has 1 heterocycles. The van der Waals surface area contributed by atoms with Crippen LogP contribution in [0, 0.1) is 0 Å². The van der Waals surface area contributed by atoms with Crippen molar-refractivity contribution in [2.75, 3.05) is 7.05 Å². The number of aryl methyl sites for hydroxylation is 2. The van der Waals surface area contributed by atoms with Crippen molar-refractivity contribution in [2.24, 2.45) is 7.05 Å². The van der Waals surface area contributed by atoms with Crippen molar-refractivity contribution in [3.63, 3.8) is 0 Å². The highest BCUT2D eigenvalue weighted by atomic mass is 79.9. The van der Waals surface area contributed by atoms with Gasteiger partial charge in [-0.25, -0.2) is 13.1 Å². The van der Waals surface area contributed by atoms with Crippen LogP contribution in [0.1, 0.15) is 29.4 Å². The molecule has 0 aliphatic carbocycles. The highest BCUT2D eigenvalue weighted by Crippen LogP contribution is 2.15. The third-order valence-corrected chi connectivity index (χ3v) is 5.86. The number of hydrogen-bond acceptors (Lipinski definition) is 3. The Morgan fingerprint density at radius 3 is 2.52 bits per heavy atom. The molecule has 0 fully saturated rings. The Labute approximate surface area is 156 Å². The molecule has 0 spiro atoms. The average Bonchev–Trinajstić information content (AvgIpc) is 2.97. The zero-order valence-corrected chi connectivity index (χ0v) is 16.8. The summed E-state index contributed by atoms with van der Waals surface area (Å²) < 4.78 is 28.5. The molecule has 25 heavy (non-hydrogen) atoms. The fourth-order valence-corrected chi connectivity index (χ4v) is 3.49. The molecule has 8 heteroatoms. The summed E-state index contributed by atoms with van der Waals surface area (Å²) in [4.78, 5) is 12.5. The van der Waals surface area contributed by atoms with Crippen LogP contribution in [0.25, 0.3) is 0 Å². The van der Waals surface area contributed by atoms with E-state index in [4.69, 9.17) is 0 Å². The molecule has 1 aromatic carbocycles. The van der Waals surface area contributed by atoms with E-state index in [0.29, 0.717) is 5.69 Å². The van der Waals surface area contributed by atoms with Crippen LogP contribution >= 0.6 is 15.9 Å². The van der Waals surface area contributed by atoms with E-state index in [1.54, 1.807) is 7.05 Å². The van der Waals surface area contributed by atoms with Crippen molar-refractivity contribution < 1.29 is 13.2 Å². The van der Waals surface area contributed by atoms with Crippen LogP contribution in [0.15, 0.2) is 45.9 Å². The molecule has 1 atom stereocenters. The molecule has 2 aromatic rings. The van der Waals surface area contributed by atoms with Gasteiger partial charge in [-0.2, -0.15) is 0 Å². The lowest BCUT2D eigenvalue weighted by Crippen LogP contribution is -2.33. The van der Waals surface area contributed by atoms with Crippen LogP contribution < -0.4 is 10.0 Å². The van der Waals surface area contributed by atoms with Crippen LogP contribution in [0.3, 0.4) is 0 Å². The second-order valence-electron chi connectivity index (χ2n) is 5.92. The normalized spacial score (nSPS) is 12.8. The van der Waals surface area contributed by atoms with E-state index in [2.05, 4.69) is 26.0 Å². The molecule has 0 saturated carbocycles. The first kappa shape index (κ1) is 19.7. The van der Waals surface area contributed by atoms with Gasteiger partial charge in [0.25, 0.3) is 5.91 Å². The SMILES string of the molecule is CNS(=O)(=O)c1cc(C(=O)NC(C)CCc2ccc(Br)cc2)n(C)c1. The monoisotopic (exact) mass is 427 g/mol. The van der Waals surface area contributed by atoms with Gasteiger partial charge in [-0.1, -0.05) is 28.1 Å². The Morgan fingerprint density at radius 2 is 1.92 bits per heavy atom. The fourth-order valence-electron chi connectivity index (χ4n) is 2.43. The molecule has 2 N–H and O–H groups in total. The number of sulfonamides is 1. The molecule has 0 aliphatic rings. The smallest absolute Gasteiger partial charge is 0.268 e. The standard InChI is InChI=1S/C17H22BrN3O3S/c1-12(4-5-13-6-8-14(18)9-7-13)20-17(22)16-10-15(11-21(16)3)25(23,24)19-2/h6-12,19H,4-5H2,1-3H3,(H,20,22). The Balaban J connectivity index is 1.98. The fraction of sp³-hybridized carbons (Fsp3) is 0.353. The first-order valence-corrected chi connectivity index (χ1v) is 10.2. The molecule has 0 aliphatic heterocycles. The lowest BCUT2D eigenvalue weighted by molar-refractivity contribution is 0.0930. The lowest BCUT2D eigenvalue weighted by atomic mass is 10.1. The maximum absolute atomic E-state index is 12.4. The number of amides is 1. The maximum Gasteiger partial charge on any atom is 0.268 e. The minimum absolute atomic E-state index is 0.0320. The summed E-state index contributed by atoms with van der Waals surface area (Å²) in [7, 11) is -0.578. The van der Waals surface area contributed by atoms with E-state index in [9.17, 15) is 13.2 Å². The number of aromatic nitrogens is 1. The summed E-state index contributed by atoms with van der Waals surface area (Å²) >= 11 is 3.41. The third-order valence-electron chi connectivity index (χ3n) is 3.95. The van der Waals surface area contributed by atoms with Crippen LogP contribution in [0.4, 0.5) is 0 Å². The minimum atomic E-state index is -3.57. The molecular weight excluding hydrogens is 406 g/mol. The average molecular weight is 428 g/mol. The Bertz CT molecular complexity index is 845. The third kappa shape index (κ3) is 5.17. The van der Waals surface area contributed by atoms with Crippen molar-refractivity contribution in [1.29, 1.82) is 0 Å². The zero-order chi connectivity index (χ0) is 18.6. The van der Waals surface area contributed by atoms with E-state index in [-0.39, 0.29) is 16.8 Å². The van der Waals surface area contributed by atoms with Gasteiger partial charge in [-0.15, -0.1) is 0 Å². The Hall–Kier alpha value is -1.64. The highest BCUT2D eigenvalue weighted by molar-refractivity contribution is 9.10. The number of rotatable bonds is 7. The van der Waals surface area contributed by atoms with E-state index in [0.717, 1.165) is 17.3 Å². The molecule has 2 rings (SSSR count). The molecular formula is C17H22BrN3O3S. The Morgan fingerprint density at radius 1 is 1.28 bits per heavy atom. The van der Waals surface area contributed by atoms with Gasteiger partial charge in [-0.3, -0.25) is 4.79 Å². The summed E-state index contributed by atoms with van der Waals surface area (Å²) in [5.74, 6) is -0.289. The molecule has 1 amide bonds. The summed E-state index contributed by atoms with van der Waals surface area (Å²) in [6, 6.07) is 9.42. The first-order valence-electron chi connectivity index (χ1n) is 7.88. The van der Waals surface area contributed by atoms with Gasteiger partial charge in [0.2, 0.25) is 10.0 Å². The van der Waals surface area contributed by atoms with Gasteiger partial charge in [0.1, 0.15) is 10.6 Å². The minimum Gasteiger partial charge on any atom is -0.348 e. The van der Waals surface area contributed by atoms with Crippen LogP contribution in [0.5, 0.6) is 0 Å². The zero-order valence-electron chi connectivity index (χ0n) is 14.4. The summed E-state index contributed by atoms with van der Waals surface area (Å²) in [5.41, 5.74) is 1.51. The van der Waals surface area contributed by atoms with Gasteiger partial charge in [0.15, 0.2) is 0 Å². The van der Waals surface area contributed by atoms with E-state index >= 15 is 0 Å². The van der Waals surface area contributed by atoms with E-state index in [1.165, 1.54) is 29.4 Å². The predicted octanol–water partition coefficient (Wildman–Crippen LogP) is 2.45. The van der Waals surface area contributed by atoms with Gasteiger partial charge >= 0.3 is 0 Å². The quantitative estimate of drug-likeness (QED) is 0.711. The molecule has 1 aromatic heterocycles. The van der Waals surface area contributed by atoms with Crippen molar-refractivity contribution in [2.45, 2.75) is 30.7 Å². The van der Waals surface area contributed by atoms with Crippen LogP contribution in [-0.4, -0.2) is 32.0 Å². The van der Waals surface area contributed by atoms with E-state index in [1.807, 2.05) is 31.2 Å². The van der Waals surface area contributed by atoms with Crippen LogP contribution in [0.2, 0.25) is 0 Å². The lowest BCUT2D eigenvalue weighted by Gasteiger charge is -2.14. The largest absolute Gasteiger partial charge is 0.348 e. The summed E-state index contributed by atoms with van der Waals surface area (Å²) in [6.07, 6.45) is 3.06. The summed E-state index contributed by atoms with van der Waals surface area (Å²) in [5, 5.41) is 2.92.